The number of carbonyl (C=O) groups is 1. The van der Waals surface area contributed by atoms with Gasteiger partial charge in [-0.3, -0.25) is 4.79 Å². The van der Waals surface area contributed by atoms with E-state index in [1.807, 2.05) is 0 Å². The molecular formula is C13H13N3O3S. The van der Waals surface area contributed by atoms with E-state index in [0.29, 0.717) is 5.69 Å². The number of sulfone groups is 1. The highest BCUT2D eigenvalue weighted by Crippen LogP contribution is 2.24. The normalized spacial score (nSPS) is 11.2. The van der Waals surface area contributed by atoms with E-state index in [2.05, 4.69) is 0 Å². The van der Waals surface area contributed by atoms with Crippen LogP contribution < -0.4 is 17.2 Å². The van der Waals surface area contributed by atoms with E-state index in [1.165, 1.54) is 42.5 Å². The standard InChI is InChI=1S/C13H13N3O3S/c14-8-1-3-9(4-2-8)20(18,19)10-5-6-11(13(16)17)12(15)7-10/h1-7H,14-15H2,(H2,16,17). The maximum atomic E-state index is 12.4. The summed E-state index contributed by atoms with van der Waals surface area (Å²) >= 11 is 0. The van der Waals surface area contributed by atoms with Crippen LogP contribution in [0.3, 0.4) is 0 Å². The molecule has 0 spiro atoms. The molecule has 0 radical (unpaired) electrons. The Morgan fingerprint density at radius 1 is 0.900 bits per heavy atom. The first-order chi connectivity index (χ1) is 9.32. The van der Waals surface area contributed by atoms with Gasteiger partial charge in [0.05, 0.1) is 15.4 Å². The first kappa shape index (κ1) is 13.9. The van der Waals surface area contributed by atoms with Crippen LogP contribution in [0.2, 0.25) is 0 Å². The summed E-state index contributed by atoms with van der Waals surface area (Å²) in [5.74, 6) is -0.709. The molecule has 104 valence electrons. The van der Waals surface area contributed by atoms with Gasteiger partial charge in [0.25, 0.3) is 5.91 Å². The Kier molecular flexibility index (Phi) is 3.37. The lowest BCUT2D eigenvalue weighted by Gasteiger charge is -2.08. The molecule has 6 N–H and O–H groups in total. The van der Waals surface area contributed by atoms with Gasteiger partial charge in [-0.15, -0.1) is 0 Å². The van der Waals surface area contributed by atoms with Crippen LogP contribution in [-0.4, -0.2) is 14.3 Å². The number of hydrogen-bond donors (Lipinski definition) is 3. The van der Waals surface area contributed by atoms with Gasteiger partial charge in [0.15, 0.2) is 0 Å². The second kappa shape index (κ2) is 4.86. The second-order valence-corrected chi connectivity index (χ2v) is 6.14. The molecule has 0 aliphatic carbocycles. The van der Waals surface area contributed by atoms with Crippen LogP contribution in [0.15, 0.2) is 52.3 Å². The Bertz CT molecular complexity index is 768. The quantitative estimate of drug-likeness (QED) is 0.720. The lowest BCUT2D eigenvalue weighted by Crippen LogP contribution is -2.14. The SMILES string of the molecule is NC(=O)c1ccc(S(=O)(=O)c2ccc(N)cc2)cc1N. The molecule has 0 aliphatic rings. The highest BCUT2D eigenvalue weighted by molar-refractivity contribution is 7.91. The number of nitrogens with two attached hydrogens (primary N) is 3. The van der Waals surface area contributed by atoms with Crippen molar-refractivity contribution in [1.82, 2.24) is 0 Å². The number of rotatable bonds is 3. The van der Waals surface area contributed by atoms with Gasteiger partial charge in [0, 0.05) is 11.4 Å². The predicted molar refractivity (Wildman–Crippen MR) is 75.7 cm³/mol. The summed E-state index contributed by atoms with van der Waals surface area (Å²) in [6, 6.07) is 9.60. The van der Waals surface area contributed by atoms with Crippen molar-refractivity contribution >= 4 is 27.1 Å². The van der Waals surface area contributed by atoms with Crippen molar-refractivity contribution in [2.45, 2.75) is 9.79 Å². The zero-order valence-corrected chi connectivity index (χ0v) is 11.2. The summed E-state index contributed by atoms with van der Waals surface area (Å²) in [4.78, 5) is 11.2. The fraction of sp³-hybridized carbons (Fsp3) is 0. The lowest BCUT2D eigenvalue weighted by molar-refractivity contribution is 0.100. The molecule has 2 aromatic carbocycles. The van der Waals surface area contributed by atoms with E-state index >= 15 is 0 Å². The molecule has 0 saturated heterocycles. The molecule has 0 aromatic heterocycles. The lowest BCUT2D eigenvalue weighted by atomic mass is 10.2. The van der Waals surface area contributed by atoms with Crippen LogP contribution in [0.5, 0.6) is 0 Å². The number of anilines is 2. The van der Waals surface area contributed by atoms with Gasteiger partial charge >= 0.3 is 0 Å². The molecule has 0 atom stereocenters. The molecule has 0 heterocycles. The van der Waals surface area contributed by atoms with Crippen molar-refractivity contribution in [3.8, 4) is 0 Å². The number of carbonyl (C=O) groups excluding carboxylic acids is 1. The molecule has 0 saturated carbocycles. The highest BCUT2D eigenvalue weighted by Gasteiger charge is 2.19. The summed E-state index contributed by atoms with van der Waals surface area (Å²) in [5, 5.41) is 0. The Hall–Kier alpha value is -2.54. The summed E-state index contributed by atoms with van der Waals surface area (Å²) in [6.07, 6.45) is 0. The number of hydrogen-bond acceptors (Lipinski definition) is 5. The fourth-order valence-corrected chi connectivity index (χ4v) is 3.01. The second-order valence-electron chi connectivity index (χ2n) is 4.19. The maximum absolute atomic E-state index is 12.4. The van der Waals surface area contributed by atoms with Crippen molar-refractivity contribution in [2.75, 3.05) is 11.5 Å². The average molecular weight is 291 g/mol. The summed E-state index contributed by atoms with van der Waals surface area (Å²) < 4.78 is 24.7. The number of primary amides is 1. The molecule has 1 amide bonds. The smallest absolute Gasteiger partial charge is 0.250 e. The van der Waals surface area contributed by atoms with Gasteiger partial charge in [0.1, 0.15) is 0 Å². The fourth-order valence-electron chi connectivity index (χ4n) is 1.72. The maximum Gasteiger partial charge on any atom is 0.250 e. The molecule has 20 heavy (non-hydrogen) atoms. The van der Waals surface area contributed by atoms with Crippen LogP contribution in [0.4, 0.5) is 11.4 Å². The third kappa shape index (κ3) is 2.43. The van der Waals surface area contributed by atoms with Crippen molar-refractivity contribution < 1.29 is 13.2 Å². The minimum Gasteiger partial charge on any atom is -0.399 e. The Morgan fingerprint density at radius 2 is 1.45 bits per heavy atom. The van der Waals surface area contributed by atoms with Gasteiger partial charge in [0.2, 0.25) is 9.84 Å². The average Bonchev–Trinajstić information content (AvgIpc) is 2.38. The largest absolute Gasteiger partial charge is 0.399 e. The first-order valence-corrected chi connectivity index (χ1v) is 7.10. The highest BCUT2D eigenvalue weighted by atomic mass is 32.2. The third-order valence-corrected chi connectivity index (χ3v) is 4.56. The first-order valence-electron chi connectivity index (χ1n) is 5.62. The van der Waals surface area contributed by atoms with Crippen molar-refractivity contribution in [2.24, 2.45) is 5.73 Å². The van der Waals surface area contributed by atoms with E-state index in [1.54, 1.807) is 0 Å². The van der Waals surface area contributed by atoms with Crippen LogP contribution in [0, 0.1) is 0 Å². The zero-order valence-electron chi connectivity index (χ0n) is 10.4. The molecule has 0 fully saturated rings. The molecule has 0 aliphatic heterocycles. The van der Waals surface area contributed by atoms with E-state index < -0.39 is 15.7 Å². The van der Waals surface area contributed by atoms with Gasteiger partial charge in [-0.1, -0.05) is 0 Å². The molecule has 7 heteroatoms. The molecule has 0 bridgehead atoms. The topological polar surface area (TPSA) is 129 Å². The summed E-state index contributed by atoms with van der Waals surface area (Å²) in [6.45, 7) is 0. The Balaban J connectivity index is 2.52. The van der Waals surface area contributed by atoms with E-state index in [4.69, 9.17) is 17.2 Å². The van der Waals surface area contributed by atoms with Crippen molar-refractivity contribution in [3.05, 3.63) is 48.0 Å². The minimum absolute atomic E-state index is 0.00947. The monoisotopic (exact) mass is 291 g/mol. The van der Waals surface area contributed by atoms with E-state index in [9.17, 15) is 13.2 Å². The third-order valence-electron chi connectivity index (χ3n) is 2.79. The number of amides is 1. The number of nitrogen functional groups attached to an aromatic ring is 2. The van der Waals surface area contributed by atoms with Crippen LogP contribution in [0.25, 0.3) is 0 Å². The molecular weight excluding hydrogens is 278 g/mol. The van der Waals surface area contributed by atoms with Crippen molar-refractivity contribution in [1.29, 1.82) is 0 Å². The predicted octanol–water partition coefficient (Wildman–Crippen LogP) is 0.783. The van der Waals surface area contributed by atoms with Gasteiger partial charge in [-0.05, 0) is 42.5 Å². The number of benzene rings is 2. The van der Waals surface area contributed by atoms with Crippen molar-refractivity contribution in [3.63, 3.8) is 0 Å². The molecule has 0 unspecified atom stereocenters. The zero-order chi connectivity index (χ0) is 14.9. The van der Waals surface area contributed by atoms with Gasteiger partial charge < -0.3 is 17.2 Å². The summed E-state index contributed by atoms with van der Waals surface area (Å²) in [7, 11) is -3.71. The Morgan fingerprint density at radius 3 is 1.95 bits per heavy atom. The van der Waals surface area contributed by atoms with E-state index in [-0.39, 0.29) is 21.0 Å². The van der Waals surface area contributed by atoms with Gasteiger partial charge in [-0.25, -0.2) is 8.42 Å². The molecule has 2 rings (SSSR count). The van der Waals surface area contributed by atoms with Crippen LogP contribution >= 0.6 is 0 Å². The Labute approximate surface area is 116 Å². The summed E-state index contributed by atoms with van der Waals surface area (Å²) in [5.41, 5.74) is 16.8. The van der Waals surface area contributed by atoms with E-state index in [0.717, 1.165) is 0 Å². The molecule has 6 nitrogen and oxygen atoms in total. The van der Waals surface area contributed by atoms with Gasteiger partial charge in [-0.2, -0.15) is 0 Å². The minimum atomic E-state index is -3.71. The molecule has 2 aromatic rings. The van der Waals surface area contributed by atoms with Crippen LogP contribution in [-0.2, 0) is 9.84 Å². The van der Waals surface area contributed by atoms with Crippen LogP contribution in [0.1, 0.15) is 10.4 Å².